The molecule has 0 aliphatic heterocycles. The van der Waals surface area contributed by atoms with Crippen LogP contribution in [0.25, 0.3) is 0 Å². The van der Waals surface area contributed by atoms with Gasteiger partial charge in [0.05, 0.1) is 0 Å². The van der Waals surface area contributed by atoms with E-state index in [4.69, 9.17) is 4.74 Å². The highest BCUT2D eigenvalue weighted by Gasteiger charge is 2.16. The highest BCUT2D eigenvalue weighted by Crippen LogP contribution is 2.33. The second-order valence-electron chi connectivity index (χ2n) is 9.97. The first kappa shape index (κ1) is 22.6. The van der Waals surface area contributed by atoms with Crippen molar-refractivity contribution in [3.8, 4) is 0 Å². The van der Waals surface area contributed by atoms with Crippen molar-refractivity contribution < 1.29 is 4.74 Å². The summed E-state index contributed by atoms with van der Waals surface area (Å²) in [4.78, 5) is 0. The largest absolute Gasteiger partial charge is 0.381 e. The number of ether oxygens (including phenoxy) is 1. The fourth-order valence-corrected chi connectivity index (χ4v) is 5.64. The molecular weight excluding hydrogens is 376 g/mol. The van der Waals surface area contributed by atoms with Crippen LogP contribution >= 0.6 is 0 Å². The van der Waals surface area contributed by atoms with E-state index < -0.39 is 0 Å². The van der Waals surface area contributed by atoms with Crippen LogP contribution in [0.4, 0.5) is 0 Å². The molecular formula is C30H42O. The van der Waals surface area contributed by atoms with Crippen molar-refractivity contribution in [3.05, 3.63) is 70.8 Å². The van der Waals surface area contributed by atoms with Crippen LogP contribution in [-0.2, 0) is 17.6 Å². The van der Waals surface area contributed by atoms with Gasteiger partial charge in [-0.1, -0.05) is 87.1 Å². The molecule has 0 radical (unpaired) electrons. The van der Waals surface area contributed by atoms with Gasteiger partial charge >= 0.3 is 0 Å². The van der Waals surface area contributed by atoms with Gasteiger partial charge in [-0.15, -0.1) is 0 Å². The van der Waals surface area contributed by atoms with Crippen LogP contribution in [0.15, 0.2) is 48.5 Å². The number of aryl methyl sites for hydroxylation is 2. The van der Waals surface area contributed by atoms with E-state index in [0.29, 0.717) is 0 Å². The van der Waals surface area contributed by atoms with Crippen LogP contribution < -0.4 is 0 Å². The van der Waals surface area contributed by atoms with Gasteiger partial charge in [0, 0.05) is 13.2 Å². The maximum atomic E-state index is 5.91. The summed E-state index contributed by atoms with van der Waals surface area (Å²) in [6, 6.07) is 18.9. The highest BCUT2D eigenvalue weighted by molar-refractivity contribution is 5.26. The number of rotatable bonds is 10. The van der Waals surface area contributed by atoms with E-state index in [0.717, 1.165) is 50.7 Å². The van der Waals surface area contributed by atoms with E-state index in [1.165, 1.54) is 75.3 Å². The van der Waals surface area contributed by atoms with E-state index >= 15 is 0 Å². The summed E-state index contributed by atoms with van der Waals surface area (Å²) >= 11 is 0. The van der Waals surface area contributed by atoms with Gasteiger partial charge in [0.2, 0.25) is 0 Å². The minimum absolute atomic E-state index is 0.814. The Labute approximate surface area is 190 Å². The molecule has 4 rings (SSSR count). The molecule has 2 aromatic carbocycles. The van der Waals surface area contributed by atoms with Gasteiger partial charge in [-0.2, -0.15) is 0 Å². The zero-order chi connectivity index (χ0) is 21.1. The molecule has 2 aromatic rings. The monoisotopic (exact) mass is 418 g/mol. The van der Waals surface area contributed by atoms with Crippen molar-refractivity contribution in [3.63, 3.8) is 0 Å². The van der Waals surface area contributed by atoms with Crippen LogP contribution in [0.2, 0.25) is 0 Å². The van der Waals surface area contributed by atoms with Crippen LogP contribution in [0, 0.1) is 0 Å². The Bertz CT molecular complexity index is 667. The maximum absolute atomic E-state index is 5.91. The smallest absolute Gasteiger partial charge is 0.0469 e. The Morgan fingerprint density at radius 1 is 0.516 bits per heavy atom. The Balaban J connectivity index is 1.07. The molecule has 0 N–H and O–H groups in total. The lowest BCUT2D eigenvalue weighted by molar-refractivity contribution is 0.130. The Morgan fingerprint density at radius 3 is 1.29 bits per heavy atom. The molecule has 0 heterocycles. The van der Waals surface area contributed by atoms with Gasteiger partial charge in [-0.3, -0.25) is 0 Å². The van der Waals surface area contributed by atoms with Crippen molar-refractivity contribution in [1.29, 1.82) is 0 Å². The second kappa shape index (κ2) is 12.4. The van der Waals surface area contributed by atoms with Crippen LogP contribution in [0.3, 0.4) is 0 Å². The molecule has 2 aliphatic carbocycles. The molecule has 0 saturated heterocycles. The predicted octanol–water partition coefficient (Wildman–Crippen LogP) is 8.36. The van der Waals surface area contributed by atoms with E-state index in [1.54, 1.807) is 11.1 Å². The summed E-state index contributed by atoms with van der Waals surface area (Å²) in [5.74, 6) is 1.63. The quantitative estimate of drug-likeness (QED) is 0.352. The molecule has 2 saturated carbocycles. The zero-order valence-corrected chi connectivity index (χ0v) is 19.5. The van der Waals surface area contributed by atoms with Crippen molar-refractivity contribution in [1.82, 2.24) is 0 Å². The summed E-state index contributed by atoms with van der Waals surface area (Å²) in [5.41, 5.74) is 6.04. The van der Waals surface area contributed by atoms with E-state index in [9.17, 15) is 0 Å². The van der Waals surface area contributed by atoms with E-state index in [2.05, 4.69) is 48.5 Å². The van der Waals surface area contributed by atoms with E-state index in [1.807, 2.05) is 0 Å². The fourth-order valence-electron chi connectivity index (χ4n) is 5.64. The number of hydrogen-bond donors (Lipinski definition) is 0. The summed E-state index contributed by atoms with van der Waals surface area (Å²) in [6.45, 7) is 1.76. The van der Waals surface area contributed by atoms with Gasteiger partial charge in [-0.25, -0.2) is 0 Å². The molecule has 0 amide bonds. The predicted molar refractivity (Wildman–Crippen MR) is 132 cm³/mol. The third kappa shape index (κ3) is 7.21. The van der Waals surface area contributed by atoms with Gasteiger partial charge in [-0.05, 0) is 85.5 Å². The van der Waals surface area contributed by atoms with Gasteiger partial charge in [0.1, 0.15) is 0 Å². The number of benzene rings is 2. The van der Waals surface area contributed by atoms with Crippen molar-refractivity contribution >= 4 is 0 Å². The zero-order valence-electron chi connectivity index (χ0n) is 19.5. The van der Waals surface area contributed by atoms with Crippen LogP contribution in [0.5, 0.6) is 0 Å². The molecule has 168 valence electrons. The third-order valence-corrected chi connectivity index (χ3v) is 7.62. The number of hydrogen-bond acceptors (Lipinski definition) is 1. The summed E-state index contributed by atoms with van der Waals surface area (Å²) in [6.07, 6.45) is 18.6. The lowest BCUT2D eigenvalue weighted by Gasteiger charge is -2.22. The first-order valence-corrected chi connectivity index (χ1v) is 13.1. The van der Waals surface area contributed by atoms with Crippen LogP contribution in [-0.4, -0.2) is 13.2 Å². The molecule has 1 nitrogen and oxygen atoms in total. The van der Waals surface area contributed by atoms with Gasteiger partial charge in [0.25, 0.3) is 0 Å². The minimum Gasteiger partial charge on any atom is -0.381 e. The first-order valence-electron chi connectivity index (χ1n) is 13.1. The minimum atomic E-state index is 0.814. The maximum Gasteiger partial charge on any atom is 0.0469 e. The van der Waals surface area contributed by atoms with Crippen LogP contribution in [0.1, 0.15) is 111 Å². The Hall–Kier alpha value is -1.60. The topological polar surface area (TPSA) is 9.23 Å². The van der Waals surface area contributed by atoms with E-state index in [-0.39, 0.29) is 0 Å². The molecule has 2 aliphatic rings. The molecule has 0 spiro atoms. The molecule has 2 fully saturated rings. The molecule has 0 aromatic heterocycles. The summed E-state index contributed by atoms with van der Waals surface area (Å²) in [7, 11) is 0. The molecule has 31 heavy (non-hydrogen) atoms. The normalized spacial score (nSPS) is 18.3. The lowest BCUT2D eigenvalue weighted by atomic mass is 9.84. The van der Waals surface area contributed by atoms with Crippen molar-refractivity contribution in [2.45, 2.75) is 102 Å². The second-order valence-corrected chi connectivity index (χ2v) is 9.97. The molecule has 0 bridgehead atoms. The average molecular weight is 419 g/mol. The van der Waals surface area contributed by atoms with Crippen molar-refractivity contribution in [2.75, 3.05) is 13.2 Å². The Kier molecular flexibility index (Phi) is 9.06. The first-order chi connectivity index (χ1) is 15.4. The SMILES string of the molecule is c1cc(C2CCCCC2)ccc1CCCOCCCc1ccc(C2CCCCC2)cc1. The average Bonchev–Trinajstić information content (AvgIpc) is 2.85. The summed E-state index contributed by atoms with van der Waals surface area (Å²) in [5, 5.41) is 0. The molecule has 0 atom stereocenters. The highest BCUT2D eigenvalue weighted by atomic mass is 16.5. The Morgan fingerprint density at radius 2 is 0.903 bits per heavy atom. The molecule has 1 heteroatoms. The fraction of sp³-hybridized carbons (Fsp3) is 0.600. The third-order valence-electron chi connectivity index (χ3n) is 7.62. The van der Waals surface area contributed by atoms with Gasteiger partial charge < -0.3 is 4.74 Å². The lowest BCUT2D eigenvalue weighted by Crippen LogP contribution is -2.05. The van der Waals surface area contributed by atoms with Gasteiger partial charge in [0.15, 0.2) is 0 Å². The standard InChI is InChI=1S/C30H42O/c1-3-11-27(12-4-1)29-19-15-25(16-20-29)9-7-23-31-24-8-10-26-17-21-30(22-18-26)28-13-5-2-6-14-28/h15-22,27-28H,1-14,23-24H2. The molecule has 0 unspecified atom stereocenters. The van der Waals surface area contributed by atoms with Crippen molar-refractivity contribution in [2.24, 2.45) is 0 Å². The summed E-state index contributed by atoms with van der Waals surface area (Å²) < 4.78 is 5.91.